The number of hydrogen-bond donors (Lipinski definition) is 0. The Bertz CT molecular complexity index is 313. The molecule has 0 saturated carbocycles. The van der Waals surface area contributed by atoms with E-state index in [4.69, 9.17) is 4.74 Å². The van der Waals surface area contributed by atoms with E-state index in [-0.39, 0.29) is 17.8 Å². The Morgan fingerprint density at radius 3 is 2.79 bits per heavy atom. The summed E-state index contributed by atoms with van der Waals surface area (Å²) in [6.45, 7) is 3.64. The first kappa shape index (κ1) is 11.4. The van der Waals surface area contributed by atoms with Crippen LogP contribution in [-0.4, -0.2) is 20.6 Å². The van der Waals surface area contributed by atoms with Crippen LogP contribution < -0.4 is 4.74 Å². The minimum atomic E-state index is -0.266. The van der Waals surface area contributed by atoms with Crippen molar-refractivity contribution < 1.29 is 9.53 Å². The zero-order chi connectivity index (χ0) is 10.6. The number of aromatic nitrogens is 2. The van der Waals surface area contributed by atoms with Crippen LogP contribution in [0.1, 0.15) is 12.6 Å². The molecule has 0 aliphatic carbocycles. The lowest BCUT2D eigenvalue weighted by molar-refractivity contribution is -0.137. The van der Waals surface area contributed by atoms with Crippen molar-refractivity contribution in [1.29, 1.82) is 0 Å². The van der Waals surface area contributed by atoms with Gasteiger partial charge in [-0.15, -0.1) is 5.10 Å². The number of alkyl halides is 1. The SMILES string of the molecule is Cc1ccc(OC(=O)C(C)CI)nn1. The van der Waals surface area contributed by atoms with Gasteiger partial charge in [-0.25, -0.2) is 0 Å². The van der Waals surface area contributed by atoms with Crippen molar-refractivity contribution in [1.82, 2.24) is 10.2 Å². The van der Waals surface area contributed by atoms with Crippen LogP contribution in [0.3, 0.4) is 0 Å². The number of ether oxygens (including phenoxy) is 1. The maximum absolute atomic E-state index is 11.3. The van der Waals surface area contributed by atoms with Crippen LogP contribution in [0.25, 0.3) is 0 Å². The van der Waals surface area contributed by atoms with Crippen molar-refractivity contribution in [2.24, 2.45) is 5.92 Å². The van der Waals surface area contributed by atoms with Gasteiger partial charge in [-0.2, -0.15) is 5.10 Å². The predicted molar refractivity (Wildman–Crippen MR) is 60.5 cm³/mol. The van der Waals surface area contributed by atoms with Gasteiger partial charge in [0.2, 0.25) is 5.88 Å². The summed E-state index contributed by atoms with van der Waals surface area (Å²) in [5, 5.41) is 7.53. The number of nitrogens with zero attached hydrogens (tertiary/aromatic N) is 2. The molecule has 0 aromatic carbocycles. The second-order valence-corrected chi connectivity index (χ2v) is 3.87. The molecule has 0 fully saturated rings. The van der Waals surface area contributed by atoms with E-state index in [2.05, 4.69) is 32.8 Å². The Labute approximate surface area is 96.2 Å². The van der Waals surface area contributed by atoms with Crippen LogP contribution in [0.5, 0.6) is 5.88 Å². The van der Waals surface area contributed by atoms with Gasteiger partial charge >= 0.3 is 5.97 Å². The molecule has 14 heavy (non-hydrogen) atoms. The lowest BCUT2D eigenvalue weighted by Crippen LogP contribution is -2.19. The van der Waals surface area contributed by atoms with Crippen LogP contribution in [0.4, 0.5) is 0 Å². The van der Waals surface area contributed by atoms with Crippen molar-refractivity contribution in [2.75, 3.05) is 4.43 Å². The van der Waals surface area contributed by atoms with Crippen LogP contribution in [-0.2, 0) is 4.79 Å². The second kappa shape index (κ2) is 5.23. The molecule has 4 nitrogen and oxygen atoms in total. The number of rotatable bonds is 3. The first-order valence-electron chi connectivity index (χ1n) is 4.21. The zero-order valence-corrected chi connectivity index (χ0v) is 10.2. The topological polar surface area (TPSA) is 52.1 Å². The fourth-order valence-corrected chi connectivity index (χ4v) is 1.07. The van der Waals surface area contributed by atoms with E-state index in [0.29, 0.717) is 0 Å². The van der Waals surface area contributed by atoms with E-state index in [1.54, 1.807) is 12.1 Å². The number of hydrogen-bond acceptors (Lipinski definition) is 4. The van der Waals surface area contributed by atoms with Crippen molar-refractivity contribution in [3.63, 3.8) is 0 Å². The average molecular weight is 306 g/mol. The number of esters is 1. The van der Waals surface area contributed by atoms with Gasteiger partial charge in [-0.3, -0.25) is 4.79 Å². The van der Waals surface area contributed by atoms with E-state index in [1.807, 2.05) is 13.8 Å². The lowest BCUT2D eigenvalue weighted by Gasteiger charge is -2.06. The Kier molecular flexibility index (Phi) is 4.24. The fourth-order valence-electron chi connectivity index (χ4n) is 0.708. The number of carbonyl (C=O) groups excluding carboxylic acids is 1. The van der Waals surface area contributed by atoms with Crippen LogP contribution in [0, 0.1) is 12.8 Å². The van der Waals surface area contributed by atoms with Gasteiger partial charge in [0.25, 0.3) is 0 Å². The van der Waals surface area contributed by atoms with Crippen molar-refractivity contribution in [2.45, 2.75) is 13.8 Å². The second-order valence-electron chi connectivity index (χ2n) is 2.99. The van der Waals surface area contributed by atoms with Crippen LogP contribution >= 0.6 is 22.6 Å². The van der Waals surface area contributed by atoms with Crippen molar-refractivity contribution in [3.05, 3.63) is 17.8 Å². The molecule has 5 heteroatoms. The fraction of sp³-hybridized carbons (Fsp3) is 0.444. The molecule has 0 aliphatic rings. The standard InChI is InChI=1S/C9H11IN2O2/c1-6(5-10)9(13)14-8-4-3-7(2)11-12-8/h3-4,6H,5H2,1-2H3. The molecule has 76 valence electrons. The molecule has 0 radical (unpaired) electrons. The Hall–Kier alpha value is -0.720. The van der Waals surface area contributed by atoms with E-state index in [1.165, 1.54) is 0 Å². The highest BCUT2D eigenvalue weighted by atomic mass is 127. The Morgan fingerprint density at radius 2 is 2.29 bits per heavy atom. The number of halogens is 1. The predicted octanol–water partition coefficient (Wildman–Crippen LogP) is 1.76. The molecular weight excluding hydrogens is 295 g/mol. The van der Waals surface area contributed by atoms with E-state index >= 15 is 0 Å². The maximum atomic E-state index is 11.3. The smallest absolute Gasteiger partial charge is 0.316 e. The number of aryl methyl sites for hydroxylation is 1. The highest BCUT2D eigenvalue weighted by Crippen LogP contribution is 2.09. The maximum Gasteiger partial charge on any atom is 0.316 e. The van der Waals surface area contributed by atoms with E-state index in [0.717, 1.165) is 10.1 Å². The summed E-state index contributed by atoms with van der Waals surface area (Å²) in [5.74, 6) is -0.117. The average Bonchev–Trinajstić information content (AvgIpc) is 2.20. The molecule has 1 aromatic heterocycles. The highest BCUT2D eigenvalue weighted by molar-refractivity contribution is 14.1. The van der Waals surface area contributed by atoms with Gasteiger partial charge in [0.1, 0.15) is 0 Å². The van der Waals surface area contributed by atoms with Gasteiger partial charge in [-0.05, 0) is 13.0 Å². The molecule has 0 saturated heterocycles. The summed E-state index contributed by atoms with van der Waals surface area (Å²) in [5.41, 5.74) is 0.798. The summed E-state index contributed by atoms with van der Waals surface area (Å²) >= 11 is 2.14. The molecule has 1 heterocycles. The summed E-state index contributed by atoms with van der Waals surface area (Å²) in [6.07, 6.45) is 0. The lowest BCUT2D eigenvalue weighted by atomic mass is 10.2. The largest absolute Gasteiger partial charge is 0.406 e. The van der Waals surface area contributed by atoms with Gasteiger partial charge in [0.15, 0.2) is 0 Å². The van der Waals surface area contributed by atoms with E-state index in [9.17, 15) is 4.79 Å². The highest BCUT2D eigenvalue weighted by Gasteiger charge is 2.14. The molecule has 0 spiro atoms. The molecule has 0 aliphatic heterocycles. The first-order chi connectivity index (χ1) is 6.63. The third kappa shape index (κ3) is 3.21. The van der Waals surface area contributed by atoms with E-state index < -0.39 is 0 Å². The minimum Gasteiger partial charge on any atom is -0.406 e. The quantitative estimate of drug-likeness (QED) is 0.485. The molecule has 0 bridgehead atoms. The summed E-state index contributed by atoms with van der Waals surface area (Å²) in [4.78, 5) is 11.3. The first-order valence-corrected chi connectivity index (χ1v) is 5.74. The summed E-state index contributed by atoms with van der Waals surface area (Å²) in [6, 6.07) is 3.39. The van der Waals surface area contributed by atoms with Crippen molar-refractivity contribution >= 4 is 28.6 Å². The van der Waals surface area contributed by atoms with Gasteiger partial charge in [0.05, 0.1) is 11.6 Å². The zero-order valence-electron chi connectivity index (χ0n) is 8.03. The monoisotopic (exact) mass is 306 g/mol. The van der Waals surface area contributed by atoms with Crippen LogP contribution in [0.15, 0.2) is 12.1 Å². The summed E-state index contributed by atoms with van der Waals surface area (Å²) < 4.78 is 5.74. The normalized spacial score (nSPS) is 12.2. The summed E-state index contributed by atoms with van der Waals surface area (Å²) in [7, 11) is 0. The Morgan fingerprint density at radius 1 is 1.57 bits per heavy atom. The molecule has 1 atom stereocenters. The third-order valence-electron chi connectivity index (χ3n) is 1.61. The van der Waals surface area contributed by atoms with Gasteiger partial charge in [-0.1, -0.05) is 29.5 Å². The molecule has 0 amide bonds. The van der Waals surface area contributed by atoms with Gasteiger partial charge < -0.3 is 4.74 Å². The third-order valence-corrected chi connectivity index (χ3v) is 2.93. The minimum absolute atomic E-state index is 0.112. The molecule has 0 N–H and O–H groups in total. The molecule has 1 rings (SSSR count). The molecule has 1 unspecified atom stereocenters. The Balaban J connectivity index is 2.60. The van der Waals surface area contributed by atoms with Crippen LogP contribution in [0.2, 0.25) is 0 Å². The van der Waals surface area contributed by atoms with Gasteiger partial charge in [0, 0.05) is 10.5 Å². The van der Waals surface area contributed by atoms with Crippen molar-refractivity contribution in [3.8, 4) is 5.88 Å². The number of carbonyl (C=O) groups is 1. The molecule has 1 aromatic rings. The molecular formula is C9H11IN2O2.